The van der Waals surface area contributed by atoms with Crippen LogP contribution in [0.15, 0.2) is 79.1 Å². The van der Waals surface area contributed by atoms with Gasteiger partial charge in [-0.3, -0.25) is 4.98 Å². The maximum Gasteiger partial charge on any atom is 0.225 e. The Bertz CT molecular complexity index is 1480. The van der Waals surface area contributed by atoms with Gasteiger partial charge in [0.25, 0.3) is 0 Å². The standard InChI is InChI=1S/C29H28N6OS/c36-24-9-7-22(8-10-24)31-28-32-23(16-19-4-2-1-3-5-19)18-27(34-28)35-29-33-25-11-6-21(17-26(25)37-29)20-12-14-30-15-13-20/h1-6,11-15,17-18,22,24,36H,7-10,16H2,(H2,31,32,33,34,35)/t22-,24-. The summed E-state index contributed by atoms with van der Waals surface area (Å²) in [6.07, 6.45) is 7.57. The lowest BCUT2D eigenvalue weighted by Gasteiger charge is -2.26. The summed E-state index contributed by atoms with van der Waals surface area (Å²) in [7, 11) is 0. The third-order valence-electron chi connectivity index (χ3n) is 6.67. The number of hydrogen-bond donors (Lipinski definition) is 3. The van der Waals surface area contributed by atoms with Gasteiger partial charge >= 0.3 is 0 Å². The van der Waals surface area contributed by atoms with Crippen molar-refractivity contribution < 1.29 is 5.11 Å². The number of fused-ring (bicyclic) bond motifs is 1. The molecular weight excluding hydrogens is 480 g/mol. The summed E-state index contributed by atoms with van der Waals surface area (Å²) in [5, 5.41) is 17.6. The van der Waals surface area contributed by atoms with Gasteiger partial charge in [-0.2, -0.15) is 4.98 Å². The second-order valence-electron chi connectivity index (χ2n) is 9.44. The van der Waals surface area contributed by atoms with Crippen molar-refractivity contribution in [3.8, 4) is 11.1 Å². The van der Waals surface area contributed by atoms with E-state index in [2.05, 4.69) is 45.9 Å². The van der Waals surface area contributed by atoms with E-state index in [4.69, 9.17) is 15.0 Å². The first-order chi connectivity index (χ1) is 18.2. The topological polar surface area (TPSA) is 95.8 Å². The Labute approximate surface area is 219 Å². The minimum Gasteiger partial charge on any atom is -0.393 e. The van der Waals surface area contributed by atoms with Crippen molar-refractivity contribution in [3.05, 3.63) is 90.4 Å². The van der Waals surface area contributed by atoms with Gasteiger partial charge in [0.15, 0.2) is 5.13 Å². The average molecular weight is 509 g/mol. The summed E-state index contributed by atoms with van der Waals surface area (Å²) in [4.78, 5) is 18.5. The highest BCUT2D eigenvalue weighted by molar-refractivity contribution is 7.22. The lowest BCUT2D eigenvalue weighted by atomic mass is 9.93. The van der Waals surface area contributed by atoms with Crippen LogP contribution in [-0.4, -0.2) is 37.2 Å². The zero-order valence-corrected chi connectivity index (χ0v) is 21.2. The van der Waals surface area contributed by atoms with E-state index in [1.807, 2.05) is 48.8 Å². The van der Waals surface area contributed by atoms with Crippen LogP contribution < -0.4 is 10.6 Å². The van der Waals surface area contributed by atoms with Crippen LogP contribution in [0.2, 0.25) is 0 Å². The van der Waals surface area contributed by atoms with Crippen LogP contribution in [-0.2, 0) is 6.42 Å². The summed E-state index contributed by atoms with van der Waals surface area (Å²) in [5.74, 6) is 1.33. The zero-order chi connectivity index (χ0) is 25.0. The first-order valence-electron chi connectivity index (χ1n) is 12.6. The molecule has 1 saturated carbocycles. The normalized spacial score (nSPS) is 17.5. The first-order valence-corrected chi connectivity index (χ1v) is 13.4. The highest BCUT2D eigenvalue weighted by Gasteiger charge is 2.20. The average Bonchev–Trinajstić information content (AvgIpc) is 3.32. The van der Waals surface area contributed by atoms with Gasteiger partial charge in [-0.25, -0.2) is 9.97 Å². The molecule has 3 aromatic heterocycles. The van der Waals surface area contributed by atoms with Crippen molar-refractivity contribution in [2.45, 2.75) is 44.2 Å². The van der Waals surface area contributed by atoms with E-state index in [1.165, 1.54) is 5.56 Å². The smallest absolute Gasteiger partial charge is 0.225 e. The number of aliphatic hydroxyl groups is 1. The minimum absolute atomic E-state index is 0.196. The van der Waals surface area contributed by atoms with Crippen molar-refractivity contribution in [2.24, 2.45) is 0 Å². The van der Waals surface area contributed by atoms with Gasteiger partial charge in [-0.15, -0.1) is 0 Å². The van der Waals surface area contributed by atoms with E-state index in [9.17, 15) is 5.11 Å². The molecule has 186 valence electrons. The predicted molar refractivity (Wildman–Crippen MR) is 149 cm³/mol. The third-order valence-corrected chi connectivity index (χ3v) is 7.61. The van der Waals surface area contributed by atoms with E-state index in [1.54, 1.807) is 11.3 Å². The molecule has 0 radical (unpaired) electrons. The second kappa shape index (κ2) is 10.6. The molecule has 37 heavy (non-hydrogen) atoms. The Hall–Kier alpha value is -3.88. The number of nitrogens with zero attached hydrogens (tertiary/aromatic N) is 4. The van der Waals surface area contributed by atoms with Crippen LogP contribution in [0.4, 0.5) is 16.9 Å². The van der Waals surface area contributed by atoms with Crippen molar-refractivity contribution in [2.75, 3.05) is 10.6 Å². The van der Waals surface area contributed by atoms with Crippen molar-refractivity contribution in [1.29, 1.82) is 0 Å². The van der Waals surface area contributed by atoms with E-state index in [0.717, 1.165) is 57.9 Å². The largest absolute Gasteiger partial charge is 0.393 e. The van der Waals surface area contributed by atoms with Crippen molar-refractivity contribution >= 4 is 38.5 Å². The molecule has 1 fully saturated rings. The number of rotatable bonds is 7. The van der Waals surface area contributed by atoms with Crippen LogP contribution in [0.25, 0.3) is 21.3 Å². The molecule has 3 heterocycles. The third kappa shape index (κ3) is 5.76. The summed E-state index contributed by atoms with van der Waals surface area (Å²) in [5.41, 5.74) is 5.35. The first kappa shape index (κ1) is 23.5. The fourth-order valence-corrected chi connectivity index (χ4v) is 5.65. The number of anilines is 3. The van der Waals surface area contributed by atoms with Gasteiger partial charge in [0.1, 0.15) is 5.82 Å². The number of nitrogens with one attached hydrogen (secondary N) is 2. The Kier molecular flexibility index (Phi) is 6.75. The zero-order valence-electron chi connectivity index (χ0n) is 20.3. The number of aliphatic hydroxyl groups excluding tert-OH is 1. The molecule has 0 spiro atoms. The summed E-state index contributed by atoms with van der Waals surface area (Å²) in [6, 6.07) is 22.9. The van der Waals surface area contributed by atoms with Gasteiger partial charge in [0, 0.05) is 30.9 Å². The highest BCUT2D eigenvalue weighted by atomic mass is 32.1. The fraction of sp³-hybridized carbons (Fsp3) is 0.241. The maximum absolute atomic E-state index is 9.87. The Morgan fingerprint density at radius 3 is 2.46 bits per heavy atom. The van der Waals surface area contributed by atoms with Gasteiger partial charge in [-0.05, 0) is 66.6 Å². The number of benzene rings is 2. The molecule has 0 aliphatic heterocycles. The van der Waals surface area contributed by atoms with E-state index < -0.39 is 0 Å². The summed E-state index contributed by atoms with van der Waals surface area (Å²) >= 11 is 1.61. The number of pyridine rings is 1. The SMILES string of the molecule is O[C@H]1CC[C@H](Nc2nc(Cc3ccccc3)cc(Nc3nc4ccc(-c5ccncc5)cc4s3)n2)CC1. The second-order valence-corrected chi connectivity index (χ2v) is 10.5. The molecule has 0 bridgehead atoms. The molecular formula is C29H28N6OS. The molecule has 2 aromatic carbocycles. The van der Waals surface area contributed by atoms with Crippen LogP contribution in [0, 0.1) is 0 Å². The van der Waals surface area contributed by atoms with Gasteiger partial charge < -0.3 is 15.7 Å². The molecule has 7 nitrogen and oxygen atoms in total. The quantitative estimate of drug-likeness (QED) is 0.241. The van der Waals surface area contributed by atoms with E-state index >= 15 is 0 Å². The highest BCUT2D eigenvalue weighted by Crippen LogP contribution is 2.32. The Morgan fingerprint density at radius 1 is 0.838 bits per heavy atom. The lowest BCUT2D eigenvalue weighted by Crippen LogP contribution is -2.29. The van der Waals surface area contributed by atoms with Crippen LogP contribution in [0.1, 0.15) is 36.9 Å². The number of thiazole rings is 1. The molecule has 8 heteroatoms. The van der Waals surface area contributed by atoms with Crippen LogP contribution in [0.5, 0.6) is 0 Å². The predicted octanol–water partition coefficient (Wildman–Crippen LogP) is 6.20. The number of aromatic nitrogens is 4. The maximum atomic E-state index is 9.87. The molecule has 5 aromatic rings. The molecule has 6 rings (SSSR count). The Morgan fingerprint density at radius 2 is 1.65 bits per heavy atom. The lowest BCUT2D eigenvalue weighted by molar-refractivity contribution is 0.126. The van der Waals surface area contributed by atoms with Crippen LogP contribution in [0.3, 0.4) is 0 Å². The monoisotopic (exact) mass is 508 g/mol. The molecule has 1 aliphatic rings. The molecule has 0 saturated heterocycles. The van der Waals surface area contributed by atoms with Gasteiger partial charge in [0.05, 0.1) is 22.0 Å². The summed E-state index contributed by atoms with van der Waals surface area (Å²) < 4.78 is 1.11. The van der Waals surface area contributed by atoms with Gasteiger partial charge in [-0.1, -0.05) is 47.7 Å². The molecule has 0 unspecified atom stereocenters. The summed E-state index contributed by atoms with van der Waals surface area (Å²) in [6.45, 7) is 0. The number of hydrogen-bond acceptors (Lipinski definition) is 8. The Balaban J connectivity index is 1.27. The molecule has 0 amide bonds. The molecule has 3 N–H and O–H groups in total. The molecule has 1 aliphatic carbocycles. The van der Waals surface area contributed by atoms with E-state index in [0.29, 0.717) is 18.2 Å². The fourth-order valence-electron chi connectivity index (χ4n) is 4.74. The van der Waals surface area contributed by atoms with E-state index in [-0.39, 0.29) is 12.1 Å². The van der Waals surface area contributed by atoms with Gasteiger partial charge in [0.2, 0.25) is 5.95 Å². The van der Waals surface area contributed by atoms with Crippen molar-refractivity contribution in [3.63, 3.8) is 0 Å². The minimum atomic E-state index is -0.196. The molecule has 0 atom stereocenters. The van der Waals surface area contributed by atoms with Crippen molar-refractivity contribution in [1.82, 2.24) is 19.9 Å². The van der Waals surface area contributed by atoms with Crippen LogP contribution >= 0.6 is 11.3 Å².